The molecule has 0 spiro atoms. The van der Waals surface area contributed by atoms with Gasteiger partial charge < -0.3 is 5.73 Å². The fourth-order valence-corrected chi connectivity index (χ4v) is 10.1. The molecule has 184 valence electrons. The number of nitrogens with zero attached hydrogens (tertiary/aromatic N) is 1. The molecule has 2 unspecified atom stereocenters. The zero-order chi connectivity index (χ0) is 23.3. The lowest BCUT2D eigenvalue weighted by atomic mass is 9.48. The monoisotopic (exact) mass is 452 g/mol. The maximum absolute atomic E-state index is 13.6. The molecule has 0 aromatic carbocycles. The van der Waals surface area contributed by atoms with Crippen molar-refractivity contribution in [3.05, 3.63) is 11.3 Å². The number of carbonyl (C=O) groups excluding carboxylic acids is 1. The smallest absolute Gasteiger partial charge is 0.158 e. The second-order valence-corrected chi connectivity index (χ2v) is 13.2. The molecule has 0 aromatic heterocycles. The Kier molecular flexibility index (Phi) is 6.55. The van der Waals surface area contributed by atoms with Crippen LogP contribution in [-0.4, -0.2) is 18.5 Å². The van der Waals surface area contributed by atoms with Crippen LogP contribution in [0.15, 0.2) is 16.3 Å². The lowest BCUT2D eigenvalue weighted by molar-refractivity contribution is -0.130. The number of fused-ring (bicyclic) bond motifs is 5. The van der Waals surface area contributed by atoms with Crippen LogP contribution in [-0.2, 0) is 4.79 Å². The number of allylic oxidation sites excluding steroid dienone is 2. The van der Waals surface area contributed by atoms with Crippen LogP contribution in [0.1, 0.15) is 98.3 Å². The van der Waals surface area contributed by atoms with Crippen LogP contribution in [0.25, 0.3) is 0 Å². The minimum absolute atomic E-state index is 0.171. The van der Waals surface area contributed by atoms with Gasteiger partial charge in [-0.3, -0.25) is 9.79 Å². The van der Waals surface area contributed by atoms with Crippen LogP contribution in [0.3, 0.4) is 0 Å². The van der Waals surface area contributed by atoms with Gasteiger partial charge >= 0.3 is 0 Å². The summed E-state index contributed by atoms with van der Waals surface area (Å²) in [4.78, 5) is 18.3. The molecular formula is C30H48N2O. The maximum Gasteiger partial charge on any atom is 0.158 e. The molecule has 33 heavy (non-hydrogen) atoms. The minimum atomic E-state index is 0.171. The fourth-order valence-electron chi connectivity index (χ4n) is 10.1. The van der Waals surface area contributed by atoms with E-state index < -0.39 is 0 Å². The number of ketones is 1. The predicted octanol–water partition coefficient (Wildman–Crippen LogP) is 6.81. The lowest BCUT2D eigenvalue weighted by Gasteiger charge is -2.56. The number of nitrogens with two attached hydrogens (primary N) is 1. The van der Waals surface area contributed by atoms with Crippen molar-refractivity contribution >= 4 is 12.0 Å². The van der Waals surface area contributed by atoms with Gasteiger partial charge in [-0.2, -0.15) is 0 Å². The van der Waals surface area contributed by atoms with Gasteiger partial charge in [-0.05, 0) is 123 Å². The van der Waals surface area contributed by atoms with E-state index in [1.807, 2.05) is 6.21 Å². The molecule has 4 saturated carbocycles. The molecule has 4 fully saturated rings. The zero-order valence-corrected chi connectivity index (χ0v) is 21.7. The van der Waals surface area contributed by atoms with Crippen molar-refractivity contribution < 1.29 is 4.79 Å². The molecule has 0 radical (unpaired) electrons. The molecule has 0 saturated heterocycles. The summed E-state index contributed by atoms with van der Waals surface area (Å²) in [5.41, 5.74) is 8.51. The minimum Gasteiger partial charge on any atom is -0.402 e. The van der Waals surface area contributed by atoms with E-state index in [1.165, 1.54) is 63.4 Å². The van der Waals surface area contributed by atoms with Crippen LogP contribution >= 0.6 is 0 Å². The van der Waals surface area contributed by atoms with Crippen LogP contribution in [0.5, 0.6) is 0 Å². The number of hydrogen-bond donors (Lipinski definition) is 1. The summed E-state index contributed by atoms with van der Waals surface area (Å²) in [6.45, 7) is 10.2. The van der Waals surface area contributed by atoms with E-state index in [0.717, 1.165) is 54.0 Å². The van der Waals surface area contributed by atoms with Crippen LogP contribution < -0.4 is 5.73 Å². The van der Waals surface area contributed by atoms with E-state index >= 15 is 0 Å². The Hall–Kier alpha value is -1.12. The first kappa shape index (κ1) is 23.6. The van der Waals surface area contributed by atoms with Gasteiger partial charge in [0.1, 0.15) is 0 Å². The molecule has 3 nitrogen and oxygen atoms in total. The molecular weight excluding hydrogens is 404 g/mol. The summed E-state index contributed by atoms with van der Waals surface area (Å²) in [6.07, 6.45) is 16.2. The highest BCUT2D eigenvalue weighted by molar-refractivity contribution is 5.88. The molecule has 10 atom stereocenters. The van der Waals surface area contributed by atoms with Gasteiger partial charge in [-0.15, -0.1) is 0 Å². The third-order valence-electron chi connectivity index (χ3n) is 11.5. The van der Waals surface area contributed by atoms with Crippen molar-refractivity contribution in [2.24, 2.45) is 69.4 Å². The molecule has 0 heterocycles. The molecule has 5 rings (SSSR count). The van der Waals surface area contributed by atoms with E-state index in [-0.39, 0.29) is 11.3 Å². The van der Waals surface area contributed by atoms with Crippen molar-refractivity contribution in [2.45, 2.75) is 98.3 Å². The van der Waals surface area contributed by atoms with Crippen molar-refractivity contribution in [3.8, 4) is 0 Å². The first-order valence-electron chi connectivity index (χ1n) is 14.3. The van der Waals surface area contributed by atoms with Gasteiger partial charge in [0.05, 0.1) is 6.54 Å². The third-order valence-corrected chi connectivity index (χ3v) is 11.5. The van der Waals surface area contributed by atoms with E-state index in [0.29, 0.717) is 24.2 Å². The Bertz CT molecular complexity index is 814. The molecule has 0 aromatic rings. The van der Waals surface area contributed by atoms with Crippen LogP contribution in [0.4, 0.5) is 0 Å². The maximum atomic E-state index is 13.6. The largest absolute Gasteiger partial charge is 0.402 e. The van der Waals surface area contributed by atoms with E-state index in [4.69, 9.17) is 5.73 Å². The van der Waals surface area contributed by atoms with Gasteiger partial charge in [0, 0.05) is 17.8 Å². The highest BCUT2D eigenvalue weighted by Crippen LogP contribution is 2.67. The summed E-state index contributed by atoms with van der Waals surface area (Å²) >= 11 is 0. The molecule has 2 N–H and O–H groups in total. The Labute approximate surface area is 202 Å². The summed E-state index contributed by atoms with van der Waals surface area (Å²) in [7, 11) is 0. The van der Waals surface area contributed by atoms with E-state index in [2.05, 4.69) is 32.7 Å². The Morgan fingerprint density at radius 3 is 2.55 bits per heavy atom. The fraction of sp³-hybridized carbons (Fsp3) is 0.867. The molecule has 5 aliphatic carbocycles. The SMILES string of the molecule is C[C@H]1CC[C@@H]2C3CC[C@@]4(C)C([C@@H]3CC[C@@H]2C1)[C@@H](C)[C@H](C)[C@@H]4C(=O)CN=CC1=C(N)CCCC1. The van der Waals surface area contributed by atoms with Crippen molar-refractivity contribution in [1.82, 2.24) is 0 Å². The first-order valence-corrected chi connectivity index (χ1v) is 14.3. The van der Waals surface area contributed by atoms with Gasteiger partial charge in [0.15, 0.2) is 5.78 Å². The van der Waals surface area contributed by atoms with E-state index in [9.17, 15) is 4.79 Å². The lowest BCUT2D eigenvalue weighted by Crippen LogP contribution is -2.50. The zero-order valence-electron chi connectivity index (χ0n) is 21.7. The molecule has 0 aliphatic heterocycles. The Morgan fingerprint density at radius 2 is 1.76 bits per heavy atom. The van der Waals surface area contributed by atoms with Gasteiger partial charge in [-0.1, -0.05) is 34.1 Å². The molecule has 3 heteroatoms. The number of carbonyl (C=O) groups is 1. The quantitative estimate of drug-likeness (QED) is 0.476. The van der Waals surface area contributed by atoms with Gasteiger partial charge in [0.2, 0.25) is 0 Å². The van der Waals surface area contributed by atoms with Crippen molar-refractivity contribution in [1.29, 1.82) is 0 Å². The van der Waals surface area contributed by atoms with Crippen molar-refractivity contribution in [2.75, 3.05) is 6.54 Å². The average Bonchev–Trinajstić information content (AvgIpc) is 3.00. The number of Topliss-reactive ketones (excluding diaryl/α,β-unsaturated/α-hetero) is 1. The molecule has 0 amide bonds. The Morgan fingerprint density at radius 1 is 1.00 bits per heavy atom. The summed E-state index contributed by atoms with van der Waals surface area (Å²) in [5.74, 6) is 7.09. The number of rotatable bonds is 4. The Balaban J connectivity index is 1.32. The third kappa shape index (κ3) is 4.04. The van der Waals surface area contributed by atoms with Crippen molar-refractivity contribution in [3.63, 3.8) is 0 Å². The van der Waals surface area contributed by atoms with Gasteiger partial charge in [-0.25, -0.2) is 0 Å². The summed E-state index contributed by atoms with van der Waals surface area (Å²) in [5, 5.41) is 0. The predicted molar refractivity (Wildman–Crippen MR) is 137 cm³/mol. The van der Waals surface area contributed by atoms with Crippen LogP contribution in [0.2, 0.25) is 0 Å². The second-order valence-electron chi connectivity index (χ2n) is 13.2. The normalized spacial score (nSPS) is 47.8. The summed E-state index contributed by atoms with van der Waals surface area (Å²) < 4.78 is 0. The molecule has 0 bridgehead atoms. The van der Waals surface area contributed by atoms with Gasteiger partial charge in [0.25, 0.3) is 0 Å². The number of aliphatic imine (C=N–C) groups is 1. The van der Waals surface area contributed by atoms with Crippen LogP contribution in [0, 0.1) is 58.7 Å². The summed E-state index contributed by atoms with van der Waals surface area (Å²) in [6, 6.07) is 0. The standard InChI is InChI=1S/C30H48N2O/c1-18-9-11-23-21(15-18)10-12-25-24(23)13-14-30(4)28(25)19(2)20(3)29(30)27(33)17-32-16-22-7-5-6-8-26(22)31/h16,18-21,23-25,28-29H,5-15,17,31H2,1-4H3/t18-,19-,20-,21+,23-,24?,25+,28?,29+,30-/m0/s1. The molecule has 5 aliphatic rings. The number of hydrogen-bond acceptors (Lipinski definition) is 3. The van der Waals surface area contributed by atoms with E-state index in [1.54, 1.807) is 0 Å². The highest BCUT2D eigenvalue weighted by Gasteiger charge is 2.63. The first-order chi connectivity index (χ1) is 15.8. The highest BCUT2D eigenvalue weighted by atomic mass is 16.1. The second kappa shape index (κ2) is 9.15. The average molecular weight is 453 g/mol. The topological polar surface area (TPSA) is 55.5 Å².